The molecular formula is C31H37F3N2O. The van der Waals surface area contributed by atoms with Crippen molar-refractivity contribution in [3.05, 3.63) is 125 Å². The highest BCUT2D eigenvalue weighted by Gasteiger charge is 2.31. The van der Waals surface area contributed by atoms with Crippen LogP contribution in [0.5, 0.6) is 0 Å². The molecule has 0 unspecified atom stereocenters. The van der Waals surface area contributed by atoms with E-state index in [-0.39, 0.29) is 12.1 Å². The molecule has 0 atom stereocenters. The average Bonchev–Trinajstić information content (AvgIpc) is 2.89. The molecule has 0 saturated heterocycles. The Hall–Kier alpha value is -3.64. The zero-order chi connectivity index (χ0) is 27.7. The number of allylic oxidation sites excluding steroid dienone is 4. The Morgan fingerprint density at radius 3 is 2.08 bits per heavy atom. The number of carbonyl (C=O) groups is 1. The van der Waals surface area contributed by atoms with Gasteiger partial charge in [0.15, 0.2) is 6.29 Å². The van der Waals surface area contributed by atoms with E-state index < -0.39 is 11.7 Å². The number of halogens is 3. The second-order valence-electron chi connectivity index (χ2n) is 7.96. The summed E-state index contributed by atoms with van der Waals surface area (Å²) >= 11 is 0. The zero-order valence-electron chi connectivity index (χ0n) is 22.0. The molecule has 3 aromatic carbocycles. The van der Waals surface area contributed by atoms with Crippen molar-refractivity contribution in [1.82, 2.24) is 0 Å². The summed E-state index contributed by atoms with van der Waals surface area (Å²) in [6.07, 6.45) is -1.06. The van der Waals surface area contributed by atoms with Gasteiger partial charge in [-0.1, -0.05) is 99.1 Å². The smallest absolute Gasteiger partial charge is 0.353 e. The molecule has 0 radical (unpaired) electrons. The molecule has 0 fully saturated rings. The van der Waals surface area contributed by atoms with Crippen LogP contribution in [0.2, 0.25) is 0 Å². The van der Waals surface area contributed by atoms with Crippen molar-refractivity contribution in [2.75, 3.05) is 5.32 Å². The maximum atomic E-state index is 12.8. The van der Waals surface area contributed by atoms with Gasteiger partial charge < -0.3 is 11.1 Å². The molecule has 3 aromatic rings. The minimum absolute atomic E-state index is 0.166. The lowest BCUT2D eigenvalue weighted by Crippen LogP contribution is -2.12. The van der Waals surface area contributed by atoms with E-state index in [0.717, 1.165) is 24.1 Å². The lowest BCUT2D eigenvalue weighted by atomic mass is 10.0. The van der Waals surface area contributed by atoms with Crippen LogP contribution < -0.4 is 11.1 Å². The molecule has 0 bridgehead atoms. The number of nitrogens with one attached hydrogen (secondary N) is 1. The Bertz CT molecular complexity index is 1140. The van der Waals surface area contributed by atoms with E-state index in [2.05, 4.69) is 66.8 Å². The largest absolute Gasteiger partial charge is 0.416 e. The van der Waals surface area contributed by atoms with Crippen LogP contribution in [0.4, 0.5) is 18.9 Å². The molecule has 6 heteroatoms. The van der Waals surface area contributed by atoms with Crippen LogP contribution in [0.25, 0.3) is 0 Å². The Morgan fingerprint density at radius 1 is 0.892 bits per heavy atom. The molecule has 3 rings (SSSR count). The van der Waals surface area contributed by atoms with Crippen molar-refractivity contribution < 1.29 is 18.0 Å². The third kappa shape index (κ3) is 12.2. The van der Waals surface area contributed by atoms with Gasteiger partial charge in [-0.3, -0.25) is 4.79 Å². The summed E-state index contributed by atoms with van der Waals surface area (Å²) in [4.78, 5) is 11.0. The second-order valence-corrected chi connectivity index (χ2v) is 7.96. The van der Waals surface area contributed by atoms with Crippen molar-refractivity contribution >= 4 is 12.0 Å². The zero-order valence-corrected chi connectivity index (χ0v) is 22.0. The van der Waals surface area contributed by atoms with Gasteiger partial charge in [-0.05, 0) is 54.7 Å². The van der Waals surface area contributed by atoms with E-state index in [9.17, 15) is 18.0 Å². The van der Waals surface area contributed by atoms with Crippen LogP contribution in [-0.4, -0.2) is 12.5 Å². The van der Waals surface area contributed by atoms with Gasteiger partial charge in [0.2, 0.25) is 0 Å². The molecule has 3 N–H and O–H groups in total. The minimum Gasteiger partial charge on any atom is -0.353 e. The van der Waals surface area contributed by atoms with Crippen LogP contribution in [0.3, 0.4) is 0 Å². The van der Waals surface area contributed by atoms with E-state index in [0.29, 0.717) is 18.5 Å². The van der Waals surface area contributed by atoms with Gasteiger partial charge in [0.1, 0.15) is 0 Å². The number of anilines is 1. The summed E-state index contributed by atoms with van der Waals surface area (Å²) in [7, 11) is 0. The van der Waals surface area contributed by atoms with Gasteiger partial charge in [-0.25, -0.2) is 0 Å². The predicted octanol–water partition coefficient (Wildman–Crippen LogP) is 8.15. The van der Waals surface area contributed by atoms with E-state index in [1.54, 1.807) is 31.2 Å². The van der Waals surface area contributed by atoms with Gasteiger partial charge in [0.05, 0.1) is 11.3 Å². The highest BCUT2D eigenvalue weighted by atomic mass is 19.4. The first-order valence-electron chi connectivity index (χ1n) is 12.3. The van der Waals surface area contributed by atoms with Gasteiger partial charge in [0, 0.05) is 12.2 Å². The van der Waals surface area contributed by atoms with Crippen LogP contribution in [0, 0.1) is 6.92 Å². The highest BCUT2D eigenvalue weighted by Crippen LogP contribution is 2.28. The topological polar surface area (TPSA) is 55.1 Å². The normalized spacial score (nSPS) is 11.5. The number of hydrogen-bond acceptors (Lipinski definition) is 3. The van der Waals surface area contributed by atoms with Crippen LogP contribution in [0.15, 0.2) is 102 Å². The fourth-order valence-corrected chi connectivity index (χ4v) is 3.34. The second kappa shape index (κ2) is 16.9. The van der Waals surface area contributed by atoms with Crippen LogP contribution in [-0.2, 0) is 17.8 Å². The summed E-state index contributed by atoms with van der Waals surface area (Å²) in [5.74, 6) is 0. The molecular weight excluding hydrogens is 473 g/mol. The number of alkyl halides is 3. The number of nitrogens with two attached hydrogens (primary N) is 1. The Kier molecular flexibility index (Phi) is 14.4. The minimum atomic E-state index is -4.49. The predicted molar refractivity (Wildman–Crippen MR) is 148 cm³/mol. The summed E-state index contributed by atoms with van der Waals surface area (Å²) < 4.78 is 38.4. The first kappa shape index (κ1) is 31.4. The Labute approximate surface area is 218 Å². The lowest BCUT2D eigenvalue weighted by Gasteiger charge is -2.11. The number of aryl methyl sites for hydroxylation is 1. The highest BCUT2D eigenvalue weighted by molar-refractivity contribution is 5.80. The quantitative estimate of drug-likeness (QED) is 0.183. The lowest BCUT2D eigenvalue weighted by molar-refractivity contribution is -0.104. The number of hydrogen-bond donors (Lipinski definition) is 2. The molecule has 198 valence electrons. The molecule has 0 saturated carbocycles. The standard InChI is InChI=1S/C15H17F3N2O.C14H14.C2H6/c1-2-4-12(15(16,17)18)8-14(10-21)20-13-6-3-5-11(7-13)9-19;1-12-6-5-9-14(10-12)11-13-7-3-2-4-8-13;1-2/h3-8,10,20H,2,9,19H2,1H3;2-10H,11H2,1H3;1-2H3/b12-4-,14-8-;;. The van der Waals surface area contributed by atoms with Gasteiger partial charge in [0.25, 0.3) is 0 Å². The molecule has 0 amide bonds. The van der Waals surface area contributed by atoms with Crippen molar-refractivity contribution in [1.29, 1.82) is 0 Å². The molecule has 3 nitrogen and oxygen atoms in total. The summed E-state index contributed by atoms with van der Waals surface area (Å²) in [5, 5.41) is 2.66. The maximum Gasteiger partial charge on any atom is 0.416 e. The van der Waals surface area contributed by atoms with E-state index in [4.69, 9.17) is 5.73 Å². The van der Waals surface area contributed by atoms with Crippen molar-refractivity contribution in [3.63, 3.8) is 0 Å². The molecule has 37 heavy (non-hydrogen) atoms. The average molecular weight is 511 g/mol. The number of benzene rings is 3. The number of aldehydes is 1. The van der Waals surface area contributed by atoms with Gasteiger partial charge in [-0.15, -0.1) is 0 Å². The molecule has 0 aliphatic heterocycles. The van der Waals surface area contributed by atoms with Gasteiger partial charge in [-0.2, -0.15) is 13.2 Å². The summed E-state index contributed by atoms with van der Waals surface area (Å²) in [5.41, 5.74) is 9.88. The van der Waals surface area contributed by atoms with E-state index in [1.807, 2.05) is 13.8 Å². The van der Waals surface area contributed by atoms with Crippen molar-refractivity contribution in [3.8, 4) is 0 Å². The van der Waals surface area contributed by atoms with Crippen LogP contribution in [0.1, 0.15) is 49.4 Å². The van der Waals surface area contributed by atoms with E-state index in [1.165, 1.54) is 16.7 Å². The number of rotatable bonds is 8. The molecule has 0 aliphatic carbocycles. The third-order valence-electron chi connectivity index (χ3n) is 4.97. The maximum absolute atomic E-state index is 12.8. The fraction of sp³-hybridized carbons (Fsp3) is 0.258. The monoisotopic (exact) mass is 510 g/mol. The van der Waals surface area contributed by atoms with Crippen molar-refractivity contribution in [2.24, 2.45) is 5.73 Å². The van der Waals surface area contributed by atoms with Crippen molar-refractivity contribution in [2.45, 2.75) is 53.3 Å². The molecule has 0 heterocycles. The fourth-order valence-electron chi connectivity index (χ4n) is 3.34. The third-order valence-corrected chi connectivity index (χ3v) is 4.97. The van der Waals surface area contributed by atoms with Gasteiger partial charge >= 0.3 is 6.18 Å². The van der Waals surface area contributed by atoms with Crippen LogP contribution >= 0.6 is 0 Å². The van der Waals surface area contributed by atoms with E-state index >= 15 is 0 Å². The molecule has 0 aliphatic rings. The summed E-state index contributed by atoms with van der Waals surface area (Å²) in [6.45, 7) is 8.03. The first-order chi connectivity index (χ1) is 17.7. The summed E-state index contributed by atoms with van der Waals surface area (Å²) in [6, 6.07) is 26.1. The first-order valence-corrected chi connectivity index (χ1v) is 12.3. The SMILES string of the molecule is CC.CC/C=C(/C=C(/C=O)Nc1cccc(CN)c1)C(F)(F)F.Cc1cccc(Cc2ccccc2)c1. The molecule has 0 aromatic heterocycles. The number of carbonyl (C=O) groups excluding carboxylic acids is 1. The Morgan fingerprint density at radius 2 is 1.51 bits per heavy atom. The Balaban J connectivity index is 0.000000369. The molecule has 0 spiro atoms.